The molecule has 1 fully saturated rings. The third-order valence-corrected chi connectivity index (χ3v) is 6.99. The van der Waals surface area contributed by atoms with Crippen molar-refractivity contribution in [2.24, 2.45) is 0 Å². The number of benzene rings is 1. The fourth-order valence-corrected chi connectivity index (χ4v) is 5.20. The summed E-state index contributed by atoms with van der Waals surface area (Å²) in [6.45, 7) is 4.36. The monoisotopic (exact) mass is 487 g/mol. The molecule has 1 unspecified atom stereocenters. The van der Waals surface area contributed by atoms with Gasteiger partial charge in [-0.3, -0.25) is 9.10 Å². The van der Waals surface area contributed by atoms with Crippen LogP contribution in [0.2, 0.25) is 0 Å². The fourth-order valence-electron chi connectivity index (χ4n) is 3.85. The van der Waals surface area contributed by atoms with Crippen molar-refractivity contribution in [1.29, 1.82) is 0 Å². The lowest BCUT2D eigenvalue weighted by molar-refractivity contribution is -0.133. The third-order valence-electron chi connectivity index (χ3n) is 5.35. The Labute approximate surface area is 180 Å². The van der Waals surface area contributed by atoms with E-state index in [9.17, 15) is 18.0 Å². The van der Waals surface area contributed by atoms with Crippen molar-refractivity contribution >= 4 is 43.6 Å². The van der Waals surface area contributed by atoms with Gasteiger partial charge in [-0.1, -0.05) is 15.9 Å². The molecule has 10 heteroatoms. The van der Waals surface area contributed by atoms with Crippen molar-refractivity contribution < 1.29 is 22.7 Å². The first-order chi connectivity index (χ1) is 13.7. The number of carbonyl (C=O) groups is 2. The number of nitrogens with zero attached hydrogens (tertiary/aromatic N) is 3. The second-order valence-electron chi connectivity index (χ2n) is 7.30. The molecule has 2 aliphatic heterocycles. The summed E-state index contributed by atoms with van der Waals surface area (Å²) in [5, 5.41) is 0. The minimum atomic E-state index is -3.37. The van der Waals surface area contributed by atoms with Gasteiger partial charge in [-0.15, -0.1) is 0 Å². The van der Waals surface area contributed by atoms with E-state index in [2.05, 4.69) is 15.9 Å². The van der Waals surface area contributed by atoms with Gasteiger partial charge in [-0.05, 0) is 37.1 Å². The second kappa shape index (κ2) is 8.91. The van der Waals surface area contributed by atoms with Crippen LogP contribution in [0, 0.1) is 0 Å². The summed E-state index contributed by atoms with van der Waals surface area (Å²) in [6.07, 6.45) is 1.78. The standard InChI is InChI=1S/C19H26BrN3O5S/c1-3-28-19(25)22-10-8-21(9-11-22)18(24)7-4-14-13-23(29(2,26)27)17-6-5-15(20)12-16(14)17/h5-6,12,14H,3-4,7-11,13H2,1-2H3. The van der Waals surface area contributed by atoms with Crippen LogP contribution in [0.25, 0.3) is 0 Å². The van der Waals surface area contributed by atoms with E-state index in [-0.39, 0.29) is 17.9 Å². The van der Waals surface area contributed by atoms with E-state index in [0.29, 0.717) is 57.9 Å². The van der Waals surface area contributed by atoms with Crippen LogP contribution in [0.3, 0.4) is 0 Å². The molecule has 0 bridgehead atoms. The predicted molar refractivity (Wildman–Crippen MR) is 113 cm³/mol. The Morgan fingerprint density at radius 1 is 1.17 bits per heavy atom. The SMILES string of the molecule is CCOC(=O)N1CCN(C(=O)CCC2CN(S(C)(=O)=O)c3ccc(Br)cc32)CC1. The van der Waals surface area contributed by atoms with Crippen LogP contribution in [0.1, 0.15) is 31.2 Å². The summed E-state index contributed by atoms with van der Waals surface area (Å²) in [4.78, 5) is 27.8. The largest absolute Gasteiger partial charge is 0.450 e. The van der Waals surface area contributed by atoms with Gasteiger partial charge >= 0.3 is 6.09 Å². The minimum Gasteiger partial charge on any atom is -0.450 e. The molecule has 29 heavy (non-hydrogen) atoms. The van der Waals surface area contributed by atoms with Crippen LogP contribution in [0.5, 0.6) is 0 Å². The Hall–Kier alpha value is -1.81. The highest BCUT2D eigenvalue weighted by atomic mass is 79.9. The van der Waals surface area contributed by atoms with E-state index in [1.54, 1.807) is 22.8 Å². The summed E-state index contributed by atoms with van der Waals surface area (Å²) in [5.41, 5.74) is 1.64. The summed E-state index contributed by atoms with van der Waals surface area (Å²) >= 11 is 3.45. The molecule has 1 saturated heterocycles. The Bertz CT molecular complexity index is 884. The Morgan fingerprint density at radius 3 is 2.45 bits per heavy atom. The number of ether oxygens (including phenoxy) is 1. The molecule has 3 rings (SSSR count). The average molecular weight is 488 g/mol. The highest BCUT2D eigenvalue weighted by Crippen LogP contribution is 2.41. The number of halogens is 1. The quantitative estimate of drug-likeness (QED) is 0.636. The first-order valence-electron chi connectivity index (χ1n) is 9.67. The van der Waals surface area contributed by atoms with Crippen LogP contribution >= 0.6 is 15.9 Å². The fraction of sp³-hybridized carbons (Fsp3) is 0.579. The molecule has 0 radical (unpaired) electrons. The molecule has 2 heterocycles. The van der Waals surface area contributed by atoms with Gasteiger partial charge in [0.2, 0.25) is 15.9 Å². The number of hydrogen-bond acceptors (Lipinski definition) is 5. The number of amides is 2. The molecule has 2 amide bonds. The van der Waals surface area contributed by atoms with E-state index in [1.807, 2.05) is 12.1 Å². The van der Waals surface area contributed by atoms with Gasteiger partial charge in [0.05, 0.1) is 18.6 Å². The molecule has 1 atom stereocenters. The number of hydrogen-bond donors (Lipinski definition) is 0. The van der Waals surface area contributed by atoms with Gasteiger partial charge in [-0.25, -0.2) is 13.2 Å². The van der Waals surface area contributed by atoms with Crippen molar-refractivity contribution in [2.45, 2.75) is 25.7 Å². The van der Waals surface area contributed by atoms with Gasteiger partial charge in [0.15, 0.2) is 0 Å². The number of anilines is 1. The minimum absolute atomic E-state index is 0.0259. The van der Waals surface area contributed by atoms with Crippen molar-refractivity contribution in [2.75, 3.05) is 49.9 Å². The molecule has 0 N–H and O–H groups in total. The summed E-state index contributed by atoms with van der Waals surface area (Å²) < 4.78 is 31.6. The van der Waals surface area contributed by atoms with Crippen LogP contribution in [0.4, 0.5) is 10.5 Å². The topological polar surface area (TPSA) is 87.2 Å². The van der Waals surface area contributed by atoms with Crippen LogP contribution in [-0.2, 0) is 19.6 Å². The average Bonchev–Trinajstić information content (AvgIpc) is 3.04. The zero-order chi connectivity index (χ0) is 21.2. The Morgan fingerprint density at radius 2 is 1.83 bits per heavy atom. The molecule has 2 aliphatic rings. The van der Waals surface area contributed by atoms with Crippen LogP contribution in [-0.4, -0.2) is 75.8 Å². The number of sulfonamides is 1. The van der Waals surface area contributed by atoms with Crippen molar-refractivity contribution in [1.82, 2.24) is 9.80 Å². The predicted octanol–water partition coefficient (Wildman–Crippen LogP) is 2.39. The zero-order valence-electron chi connectivity index (χ0n) is 16.6. The molecule has 0 saturated carbocycles. The summed E-state index contributed by atoms with van der Waals surface area (Å²) in [7, 11) is -3.37. The van der Waals surface area contributed by atoms with Crippen LogP contribution < -0.4 is 4.31 Å². The van der Waals surface area contributed by atoms with Gasteiger partial charge in [-0.2, -0.15) is 0 Å². The van der Waals surface area contributed by atoms with E-state index in [4.69, 9.17) is 4.74 Å². The van der Waals surface area contributed by atoms with E-state index in [0.717, 1.165) is 10.0 Å². The van der Waals surface area contributed by atoms with Crippen molar-refractivity contribution in [3.63, 3.8) is 0 Å². The van der Waals surface area contributed by atoms with Crippen molar-refractivity contribution in [3.8, 4) is 0 Å². The smallest absolute Gasteiger partial charge is 0.409 e. The van der Waals surface area contributed by atoms with E-state index < -0.39 is 10.0 Å². The van der Waals surface area contributed by atoms with Gasteiger partial charge in [0.25, 0.3) is 0 Å². The summed E-state index contributed by atoms with van der Waals surface area (Å²) in [5.74, 6) is 0.00450. The van der Waals surface area contributed by atoms with E-state index in [1.165, 1.54) is 10.6 Å². The molecule has 0 aromatic heterocycles. The Kier molecular flexibility index (Phi) is 6.72. The first kappa shape index (κ1) is 21.9. The van der Waals surface area contributed by atoms with Gasteiger partial charge in [0.1, 0.15) is 0 Å². The zero-order valence-corrected chi connectivity index (χ0v) is 19.0. The lowest BCUT2D eigenvalue weighted by atomic mass is 9.96. The highest BCUT2D eigenvalue weighted by molar-refractivity contribution is 9.10. The molecule has 1 aromatic rings. The molecule has 160 valence electrons. The summed E-state index contributed by atoms with van der Waals surface area (Å²) in [6, 6.07) is 5.57. The maximum atomic E-state index is 12.7. The maximum Gasteiger partial charge on any atom is 0.409 e. The molecule has 1 aromatic carbocycles. The maximum absolute atomic E-state index is 12.7. The Balaban J connectivity index is 1.59. The van der Waals surface area contributed by atoms with Crippen molar-refractivity contribution in [3.05, 3.63) is 28.2 Å². The lowest BCUT2D eigenvalue weighted by Crippen LogP contribution is -2.50. The third kappa shape index (κ3) is 5.03. The van der Waals surface area contributed by atoms with Gasteiger partial charge < -0.3 is 14.5 Å². The normalized spacial score (nSPS) is 19.3. The second-order valence-corrected chi connectivity index (χ2v) is 10.1. The highest BCUT2D eigenvalue weighted by Gasteiger charge is 2.34. The number of fused-ring (bicyclic) bond motifs is 1. The van der Waals surface area contributed by atoms with Crippen LogP contribution in [0.15, 0.2) is 22.7 Å². The molecule has 8 nitrogen and oxygen atoms in total. The van der Waals surface area contributed by atoms with E-state index >= 15 is 0 Å². The molecular formula is C19H26BrN3O5S. The lowest BCUT2D eigenvalue weighted by Gasteiger charge is -2.34. The molecular weight excluding hydrogens is 462 g/mol. The number of rotatable bonds is 5. The first-order valence-corrected chi connectivity index (χ1v) is 12.3. The van der Waals surface area contributed by atoms with Gasteiger partial charge in [0, 0.05) is 49.5 Å². The number of piperazine rings is 1. The molecule has 0 spiro atoms. The molecule has 0 aliphatic carbocycles. The number of carbonyl (C=O) groups excluding carboxylic acids is 2.